The highest BCUT2D eigenvalue weighted by Crippen LogP contribution is 2.28. The van der Waals surface area contributed by atoms with Crippen molar-refractivity contribution in [3.63, 3.8) is 0 Å². The molecule has 0 saturated carbocycles. The number of benzene rings is 1. The van der Waals surface area contributed by atoms with Crippen molar-refractivity contribution in [2.24, 2.45) is 0 Å². The summed E-state index contributed by atoms with van der Waals surface area (Å²) in [6, 6.07) is 3.92. The van der Waals surface area contributed by atoms with E-state index in [0.29, 0.717) is 13.1 Å². The van der Waals surface area contributed by atoms with Crippen molar-refractivity contribution in [1.82, 2.24) is 12.9 Å². The van der Waals surface area contributed by atoms with E-state index in [2.05, 4.69) is 0 Å². The van der Waals surface area contributed by atoms with Crippen LogP contribution in [0.1, 0.15) is 19.4 Å². The number of hydrogen-bond acceptors (Lipinski definition) is 6. The molecule has 152 valence electrons. The molecule has 0 atom stereocenters. The van der Waals surface area contributed by atoms with Gasteiger partial charge in [-0.1, -0.05) is 19.9 Å². The van der Waals surface area contributed by atoms with Crippen molar-refractivity contribution in [2.75, 3.05) is 39.3 Å². The van der Waals surface area contributed by atoms with Crippen LogP contribution in [0.15, 0.2) is 23.1 Å². The van der Waals surface area contributed by atoms with E-state index in [4.69, 9.17) is 0 Å². The Morgan fingerprint density at radius 2 is 1.56 bits per heavy atom. The molecule has 0 N–H and O–H groups in total. The highest BCUT2D eigenvalue weighted by molar-refractivity contribution is 7.89. The van der Waals surface area contributed by atoms with Crippen LogP contribution < -0.4 is 0 Å². The van der Waals surface area contributed by atoms with Gasteiger partial charge in [0, 0.05) is 50.9 Å². The SMILES string of the molecule is CCN(CC)S(=O)(=O)N1CCN(S(=O)(=O)c2cccc([N+](=O)[O-])c2C)CC1. The zero-order chi connectivity index (χ0) is 20.4. The average molecular weight is 421 g/mol. The van der Waals surface area contributed by atoms with Crippen molar-refractivity contribution in [3.05, 3.63) is 33.9 Å². The molecule has 1 aliphatic rings. The van der Waals surface area contributed by atoms with E-state index in [0.717, 1.165) is 0 Å². The second-order valence-corrected chi connectivity index (χ2v) is 9.89. The Balaban J connectivity index is 2.23. The number of sulfonamides is 1. The van der Waals surface area contributed by atoms with Crippen LogP contribution in [0.25, 0.3) is 0 Å². The van der Waals surface area contributed by atoms with Gasteiger partial charge in [0.1, 0.15) is 0 Å². The highest BCUT2D eigenvalue weighted by atomic mass is 32.2. The largest absolute Gasteiger partial charge is 0.282 e. The zero-order valence-corrected chi connectivity index (χ0v) is 17.2. The summed E-state index contributed by atoms with van der Waals surface area (Å²) in [5.74, 6) is 0. The minimum absolute atomic E-state index is 0.00896. The summed E-state index contributed by atoms with van der Waals surface area (Å²) < 4.78 is 54.7. The number of piperazine rings is 1. The first kappa shape index (κ1) is 21.7. The number of hydrogen-bond donors (Lipinski definition) is 0. The van der Waals surface area contributed by atoms with E-state index >= 15 is 0 Å². The van der Waals surface area contributed by atoms with Crippen LogP contribution in [0.5, 0.6) is 0 Å². The molecule has 0 aromatic heterocycles. The third-order valence-electron chi connectivity index (χ3n) is 4.63. The molecule has 1 fully saturated rings. The predicted octanol–water partition coefficient (Wildman–Crippen LogP) is 0.796. The number of nitro benzene ring substituents is 1. The predicted molar refractivity (Wildman–Crippen MR) is 100 cm³/mol. The Morgan fingerprint density at radius 1 is 1.04 bits per heavy atom. The van der Waals surface area contributed by atoms with Crippen molar-refractivity contribution >= 4 is 25.9 Å². The topological polar surface area (TPSA) is 121 Å². The van der Waals surface area contributed by atoms with Gasteiger partial charge in [-0.25, -0.2) is 8.42 Å². The lowest BCUT2D eigenvalue weighted by Crippen LogP contribution is -2.54. The van der Waals surface area contributed by atoms with Gasteiger partial charge in [0.15, 0.2) is 0 Å². The monoisotopic (exact) mass is 420 g/mol. The molecule has 0 bridgehead atoms. The van der Waals surface area contributed by atoms with Crippen molar-refractivity contribution in [1.29, 1.82) is 0 Å². The molecular formula is C15H24N4O6S2. The second-order valence-electron chi connectivity index (χ2n) is 6.05. The molecule has 1 aromatic rings. The summed E-state index contributed by atoms with van der Waals surface area (Å²) in [5, 5.41) is 11.1. The molecule has 10 nitrogen and oxygen atoms in total. The van der Waals surface area contributed by atoms with Gasteiger partial charge in [-0.2, -0.15) is 21.3 Å². The van der Waals surface area contributed by atoms with Crippen LogP contribution in [-0.2, 0) is 20.2 Å². The van der Waals surface area contributed by atoms with Crippen LogP contribution in [0.4, 0.5) is 5.69 Å². The van der Waals surface area contributed by atoms with Crippen LogP contribution in [0.2, 0.25) is 0 Å². The second kappa shape index (κ2) is 8.19. The Labute approximate surface area is 159 Å². The molecule has 1 aliphatic heterocycles. The zero-order valence-electron chi connectivity index (χ0n) is 15.5. The Morgan fingerprint density at radius 3 is 2.04 bits per heavy atom. The molecule has 1 saturated heterocycles. The minimum atomic E-state index is -3.96. The van der Waals surface area contributed by atoms with E-state index in [1.54, 1.807) is 13.8 Å². The van der Waals surface area contributed by atoms with E-state index in [1.165, 1.54) is 38.0 Å². The van der Waals surface area contributed by atoms with E-state index in [1.807, 2.05) is 0 Å². The summed E-state index contributed by atoms with van der Waals surface area (Å²) in [6.45, 7) is 5.61. The van der Waals surface area contributed by atoms with Gasteiger partial charge in [0.25, 0.3) is 15.9 Å². The first-order valence-electron chi connectivity index (χ1n) is 8.56. The maximum Gasteiger partial charge on any atom is 0.282 e. The highest BCUT2D eigenvalue weighted by Gasteiger charge is 2.36. The number of rotatable bonds is 7. The lowest BCUT2D eigenvalue weighted by Gasteiger charge is -2.35. The maximum atomic E-state index is 12.9. The van der Waals surface area contributed by atoms with Gasteiger partial charge < -0.3 is 0 Å². The minimum Gasteiger partial charge on any atom is -0.258 e. The molecule has 2 rings (SSSR count). The third-order valence-corrected chi connectivity index (χ3v) is 8.86. The van der Waals surface area contributed by atoms with Crippen molar-refractivity contribution in [2.45, 2.75) is 25.7 Å². The van der Waals surface area contributed by atoms with Gasteiger partial charge in [-0.3, -0.25) is 10.1 Å². The van der Waals surface area contributed by atoms with E-state index in [9.17, 15) is 26.9 Å². The van der Waals surface area contributed by atoms with Gasteiger partial charge in [-0.15, -0.1) is 0 Å². The summed E-state index contributed by atoms with van der Waals surface area (Å²) in [7, 11) is -7.58. The smallest absolute Gasteiger partial charge is 0.258 e. The van der Waals surface area contributed by atoms with Gasteiger partial charge >= 0.3 is 0 Å². The molecular weight excluding hydrogens is 396 g/mol. The maximum absolute atomic E-state index is 12.9. The van der Waals surface area contributed by atoms with E-state index in [-0.39, 0.29) is 42.3 Å². The molecule has 0 spiro atoms. The van der Waals surface area contributed by atoms with Crippen LogP contribution in [0, 0.1) is 17.0 Å². The quantitative estimate of drug-likeness (QED) is 0.475. The van der Waals surface area contributed by atoms with Crippen molar-refractivity contribution < 1.29 is 21.8 Å². The summed E-state index contributed by atoms with van der Waals surface area (Å²) in [4.78, 5) is 10.3. The van der Waals surface area contributed by atoms with Crippen LogP contribution in [0.3, 0.4) is 0 Å². The lowest BCUT2D eigenvalue weighted by molar-refractivity contribution is -0.385. The fraction of sp³-hybridized carbons (Fsp3) is 0.600. The molecule has 0 amide bonds. The molecule has 0 aliphatic carbocycles. The molecule has 0 radical (unpaired) electrons. The van der Waals surface area contributed by atoms with Crippen LogP contribution in [-0.4, -0.2) is 73.9 Å². The molecule has 12 heteroatoms. The Hall–Kier alpha value is -1.60. The van der Waals surface area contributed by atoms with Crippen LogP contribution >= 0.6 is 0 Å². The standard InChI is InChI=1S/C15H24N4O6S2/c1-4-16(5-2)27(24,25)18-11-9-17(10-12-18)26(22,23)15-8-6-7-14(13(15)3)19(20)21/h6-8H,4-5,9-12H2,1-3H3. The van der Waals surface area contributed by atoms with Crippen molar-refractivity contribution in [3.8, 4) is 0 Å². The lowest BCUT2D eigenvalue weighted by atomic mass is 10.2. The first-order chi connectivity index (χ1) is 12.6. The third kappa shape index (κ3) is 4.14. The number of nitrogens with zero attached hydrogens (tertiary/aromatic N) is 4. The average Bonchev–Trinajstić information content (AvgIpc) is 2.62. The fourth-order valence-corrected chi connectivity index (χ4v) is 6.34. The number of nitro groups is 1. The molecule has 27 heavy (non-hydrogen) atoms. The van der Waals surface area contributed by atoms with Gasteiger partial charge in [-0.05, 0) is 13.0 Å². The summed E-state index contributed by atoms with van der Waals surface area (Å²) in [6.07, 6.45) is 0. The summed E-state index contributed by atoms with van der Waals surface area (Å²) >= 11 is 0. The normalized spacial score (nSPS) is 17.3. The summed E-state index contributed by atoms with van der Waals surface area (Å²) in [5.41, 5.74) is -0.195. The fourth-order valence-electron chi connectivity index (χ4n) is 3.07. The molecule has 1 heterocycles. The van der Waals surface area contributed by atoms with Gasteiger partial charge in [0.05, 0.1) is 9.82 Å². The van der Waals surface area contributed by atoms with Gasteiger partial charge in [0.2, 0.25) is 10.0 Å². The van der Waals surface area contributed by atoms with E-state index < -0.39 is 25.2 Å². The Kier molecular flexibility index (Phi) is 6.58. The Bertz CT molecular complexity index is 904. The molecule has 0 unspecified atom stereocenters. The molecule has 1 aromatic carbocycles. The first-order valence-corrected chi connectivity index (χ1v) is 11.4.